The van der Waals surface area contributed by atoms with Crippen molar-refractivity contribution in [3.05, 3.63) is 132 Å². The van der Waals surface area contributed by atoms with Gasteiger partial charge in [0.15, 0.2) is 0 Å². The van der Waals surface area contributed by atoms with E-state index in [-0.39, 0.29) is 55.8 Å². The summed E-state index contributed by atoms with van der Waals surface area (Å²) in [5, 5.41) is 37.4. The second-order valence-electron chi connectivity index (χ2n) is 15.0. The van der Waals surface area contributed by atoms with Gasteiger partial charge in [0.1, 0.15) is 24.1 Å². The minimum absolute atomic E-state index is 0.0712. The third kappa shape index (κ3) is 7.79. The van der Waals surface area contributed by atoms with Crippen molar-refractivity contribution in [3.8, 4) is 11.5 Å². The van der Waals surface area contributed by atoms with E-state index in [4.69, 9.17) is 19.5 Å². The number of nitrogens with zero attached hydrogens (tertiary/aromatic N) is 2. The smallest absolute Gasteiger partial charge is 0.254 e. The lowest BCUT2D eigenvalue weighted by atomic mass is 9.55. The van der Waals surface area contributed by atoms with Gasteiger partial charge in [0, 0.05) is 43.7 Å². The minimum atomic E-state index is -1.36. The average molecular weight is 745 g/mol. The van der Waals surface area contributed by atoms with Crippen LogP contribution in [0.2, 0.25) is 0 Å². The molecule has 0 spiro atoms. The average Bonchev–Trinajstić information content (AvgIpc) is 3.21. The number of aromatic hydroxyl groups is 1. The first-order chi connectivity index (χ1) is 26.9. The van der Waals surface area contributed by atoms with Gasteiger partial charge >= 0.3 is 0 Å². The lowest BCUT2D eigenvalue weighted by Gasteiger charge is -2.59. The number of carbonyl (C=O) groups is 1. The number of phenolic OH excluding ortho intramolecular Hbond substituents is 1. The van der Waals surface area contributed by atoms with Crippen LogP contribution in [0.25, 0.3) is 10.8 Å². The number of hydrogen-bond donors (Lipinski definition) is 3. The van der Waals surface area contributed by atoms with E-state index in [9.17, 15) is 20.1 Å². The number of allylic oxidation sites excluding steroid dienone is 1. The van der Waals surface area contributed by atoms with Crippen molar-refractivity contribution in [3.63, 3.8) is 0 Å². The van der Waals surface area contributed by atoms with Crippen LogP contribution in [0.5, 0.6) is 11.5 Å². The van der Waals surface area contributed by atoms with Gasteiger partial charge in [0.2, 0.25) is 5.79 Å². The molecule has 1 fully saturated rings. The second-order valence-corrected chi connectivity index (χ2v) is 15.0. The zero-order valence-corrected chi connectivity index (χ0v) is 31.6. The molecule has 1 aliphatic heterocycles. The molecule has 1 heterocycles. The Morgan fingerprint density at radius 1 is 0.945 bits per heavy atom. The Bertz CT molecular complexity index is 2030. The van der Waals surface area contributed by atoms with E-state index in [1.165, 1.54) is 0 Å². The summed E-state index contributed by atoms with van der Waals surface area (Å²) < 4.78 is 14.1. The zero-order chi connectivity index (χ0) is 38.4. The third-order valence-electron chi connectivity index (χ3n) is 11.7. The van der Waals surface area contributed by atoms with Crippen molar-refractivity contribution < 1.29 is 34.4 Å². The molecule has 2 aliphatic carbocycles. The molecule has 9 heteroatoms. The number of phenols is 1. The molecule has 4 aromatic rings. The van der Waals surface area contributed by atoms with Crippen molar-refractivity contribution in [2.24, 2.45) is 22.9 Å². The maximum absolute atomic E-state index is 14.7. The molecule has 0 bridgehead atoms. The Hall–Kier alpha value is -4.96. The first-order valence-corrected chi connectivity index (χ1v) is 19.6. The Kier molecular flexibility index (Phi) is 12.0. The predicted octanol–water partition coefficient (Wildman–Crippen LogP) is 8.15. The molecule has 7 rings (SSSR count). The summed E-state index contributed by atoms with van der Waals surface area (Å²) in [6.07, 6.45) is 8.98. The molecule has 0 aromatic heterocycles. The molecule has 288 valence electrons. The quantitative estimate of drug-likeness (QED) is 0.0602. The van der Waals surface area contributed by atoms with E-state index < -0.39 is 17.7 Å². The van der Waals surface area contributed by atoms with E-state index in [1.54, 1.807) is 29.2 Å². The van der Waals surface area contributed by atoms with Gasteiger partial charge in [-0.25, -0.2) is 0 Å². The van der Waals surface area contributed by atoms with Crippen LogP contribution in [0.15, 0.2) is 120 Å². The Morgan fingerprint density at radius 3 is 2.45 bits per heavy atom. The van der Waals surface area contributed by atoms with E-state index in [0.29, 0.717) is 30.6 Å². The number of oxime groups is 1. The number of rotatable bonds is 16. The van der Waals surface area contributed by atoms with E-state index in [1.807, 2.05) is 79.8 Å². The number of amides is 1. The van der Waals surface area contributed by atoms with Crippen LogP contribution in [-0.2, 0) is 16.2 Å². The number of aliphatic hydroxyl groups excluding tert-OH is 2. The fourth-order valence-electron chi connectivity index (χ4n) is 9.16. The SMILES string of the molecule is C=CCO[C@@]12Oc3ccc(O)cc3[C@H]3[C@H](CCCCO)[C@@H](CCCCO)C=C(C(=NOCc4ccccc4)C[C@@H]1N(C)C(=O)c1ccc4ccccc4c1)[C@H]32. The molecular formula is C46H52N2O7. The molecule has 0 saturated heterocycles. The van der Waals surface area contributed by atoms with Gasteiger partial charge in [-0.05, 0) is 89.8 Å². The summed E-state index contributed by atoms with van der Waals surface area (Å²) in [4.78, 5) is 22.6. The lowest BCUT2D eigenvalue weighted by molar-refractivity contribution is -0.252. The number of hydrogen-bond acceptors (Lipinski definition) is 8. The number of fused-ring (bicyclic) bond motifs is 3. The minimum Gasteiger partial charge on any atom is -0.508 e. The summed E-state index contributed by atoms with van der Waals surface area (Å²) in [6, 6.07) is 28.2. The van der Waals surface area contributed by atoms with Gasteiger partial charge in [-0.1, -0.05) is 90.8 Å². The highest BCUT2D eigenvalue weighted by molar-refractivity contribution is 6.04. The number of carbonyl (C=O) groups excluding carboxylic acids is 1. The Morgan fingerprint density at radius 2 is 1.69 bits per heavy atom. The van der Waals surface area contributed by atoms with E-state index in [2.05, 4.69) is 12.7 Å². The maximum Gasteiger partial charge on any atom is 0.254 e. The van der Waals surface area contributed by atoms with Crippen molar-refractivity contribution in [2.45, 2.75) is 69.3 Å². The van der Waals surface area contributed by atoms with Crippen molar-refractivity contribution in [1.29, 1.82) is 0 Å². The van der Waals surface area contributed by atoms with Crippen LogP contribution in [0.3, 0.4) is 0 Å². The zero-order valence-electron chi connectivity index (χ0n) is 31.6. The third-order valence-corrected chi connectivity index (χ3v) is 11.7. The first kappa shape index (κ1) is 38.3. The number of benzene rings is 4. The summed E-state index contributed by atoms with van der Waals surface area (Å²) in [6.45, 7) is 4.66. The van der Waals surface area contributed by atoms with Gasteiger partial charge in [-0.2, -0.15) is 0 Å². The summed E-state index contributed by atoms with van der Waals surface area (Å²) >= 11 is 0. The maximum atomic E-state index is 14.7. The standard InChI is InChI=1S/C46H52N2O7/c1-3-25-53-46-42(48(2)45(52)35-20-19-32-15-7-8-16-33(32)26-35)29-40(47-54-30-31-13-5-4-6-14-31)38-27-34(17-9-11-23-49)37(18-10-12-24-50)43(44(38)46)39-28-36(51)21-22-41(39)55-46/h3-8,13-16,19-22,26-28,34,37,42-44,49-51H,1,9-12,17-18,23-25,29-30H2,2H3/t34-,37+,42-,43+,44+,46+/m0/s1. The molecular weight excluding hydrogens is 693 g/mol. The van der Waals surface area contributed by atoms with Crippen LogP contribution < -0.4 is 4.74 Å². The normalized spacial score (nSPS) is 24.7. The second kappa shape index (κ2) is 17.2. The van der Waals surface area contributed by atoms with Crippen molar-refractivity contribution in [2.75, 3.05) is 26.9 Å². The molecule has 0 radical (unpaired) electrons. The number of ether oxygens (including phenoxy) is 2. The highest BCUT2D eigenvalue weighted by Gasteiger charge is 2.65. The topological polar surface area (TPSA) is 121 Å². The van der Waals surface area contributed by atoms with E-state index in [0.717, 1.165) is 58.9 Å². The van der Waals surface area contributed by atoms with Gasteiger partial charge in [0.25, 0.3) is 5.91 Å². The molecule has 6 atom stereocenters. The molecule has 3 N–H and O–H groups in total. The molecule has 3 aliphatic rings. The Labute approximate surface area is 323 Å². The van der Waals surface area contributed by atoms with Crippen molar-refractivity contribution >= 4 is 22.4 Å². The van der Waals surface area contributed by atoms with Gasteiger partial charge in [0.05, 0.1) is 18.2 Å². The fourth-order valence-corrected chi connectivity index (χ4v) is 9.16. The van der Waals surface area contributed by atoms with Crippen LogP contribution in [0, 0.1) is 17.8 Å². The number of likely N-dealkylation sites (N-methyl/N-ethyl adjacent to an activating group) is 1. The number of unbranched alkanes of at least 4 members (excludes halogenated alkanes) is 2. The monoisotopic (exact) mass is 744 g/mol. The molecule has 9 nitrogen and oxygen atoms in total. The van der Waals surface area contributed by atoms with Gasteiger partial charge < -0.3 is 34.5 Å². The molecule has 55 heavy (non-hydrogen) atoms. The largest absolute Gasteiger partial charge is 0.508 e. The van der Waals surface area contributed by atoms with Crippen LogP contribution in [0.4, 0.5) is 0 Å². The molecule has 1 amide bonds. The van der Waals surface area contributed by atoms with Gasteiger partial charge in [-0.3, -0.25) is 4.79 Å². The van der Waals surface area contributed by atoms with E-state index >= 15 is 0 Å². The van der Waals surface area contributed by atoms with Crippen LogP contribution in [0.1, 0.15) is 72.3 Å². The highest BCUT2D eigenvalue weighted by Crippen LogP contribution is 2.61. The number of aliphatic hydroxyl groups is 2. The predicted molar refractivity (Wildman–Crippen MR) is 214 cm³/mol. The molecule has 4 aromatic carbocycles. The summed E-state index contributed by atoms with van der Waals surface area (Å²) in [7, 11) is 1.81. The molecule has 1 saturated carbocycles. The molecule has 0 unspecified atom stereocenters. The van der Waals surface area contributed by atoms with Crippen molar-refractivity contribution in [1.82, 2.24) is 4.90 Å². The lowest BCUT2D eigenvalue weighted by Crippen LogP contribution is -2.69. The highest BCUT2D eigenvalue weighted by atomic mass is 16.7. The van der Waals surface area contributed by atoms with Crippen LogP contribution >= 0.6 is 0 Å². The van der Waals surface area contributed by atoms with Crippen LogP contribution in [-0.4, -0.2) is 70.5 Å². The Balaban J connectivity index is 1.40. The van der Waals surface area contributed by atoms with Gasteiger partial charge in [-0.15, -0.1) is 6.58 Å². The fraction of sp³-hybridized carbons (Fsp3) is 0.391. The summed E-state index contributed by atoms with van der Waals surface area (Å²) in [5.41, 5.74) is 4.08. The first-order valence-electron chi connectivity index (χ1n) is 19.6. The summed E-state index contributed by atoms with van der Waals surface area (Å²) in [5.74, 6) is -1.28.